The Morgan fingerprint density at radius 2 is 2.12 bits per heavy atom. The number of hydrogen-bond acceptors (Lipinski definition) is 3. The third-order valence-corrected chi connectivity index (χ3v) is 2.24. The van der Waals surface area contributed by atoms with Gasteiger partial charge in [0.2, 0.25) is 0 Å². The van der Waals surface area contributed by atoms with Crippen LogP contribution in [0.5, 0.6) is 5.75 Å². The van der Waals surface area contributed by atoms with Gasteiger partial charge in [-0.25, -0.2) is 4.79 Å². The predicted molar refractivity (Wildman–Crippen MR) is 64.0 cm³/mol. The molecule has 4 nitrogen and oxygen atoms in total. The number of phenols is 1. The molecule has 0 saturated heterocycles. The van der Waals surface area contributed by atoms with Crippen molar-refractivity contribution in [3.63, 3.8) is 0 Å². The first-order valence-electron chi connectivity index (χ1n) is 5.61. The first-order chi connectivity index (χ1) is 7.99. The molecular weight excluding hydrogens is 220 g/mol. The molecule has 0 aliphatic heterocycles. The second-order valence-corrected chi connectivity index (χ2v) is 4.43. The van der Waals surface area contributed by atoms with Crippen molar-refractivity contribution in [3.8, 4) is 5.75 Å². The molecule has 0 saturated carbocycles. The van der Waals surface area contributed by atoms with Gasteiger partial charge in [-0.15, -0.1) is 0 Å². The monoisotopic (exact) mass is 238 g/mol. The Balaban J connectivity index is 2.63. The summed E-state index contributed by atoms with van der Waals surface area (Å²) in [7, 11) is 0. The van der Waals surface area contributed by atoms with Crippen molar-refractivity contribution in [2.75, 3.05) is 6.61 Å². The van der Waals surface area contributed by atoms with Gasteiger partial charge in [0.1, 0.15) is 5.75 Å². The number of carbonyl (C=O) groups is 1. The largest absolute Gasteiger partial charge is 0.508 e. The number of benzene rings is 1. The molecule has 0 bridgehead atoms. The second-order valence-electron chi connectivity index (χ2n) is 4.43. The molecule has 0 aliphatic carbocycles. The number of aromatic hydroxyl groups is 1. The van der Waals surface area contributed by atoms with Crippen molar-refractivity contribution in [1.82, 2.24) is 0 Å². The van der Waals surface area contributed by atoms with Gasteiger partial charge in [0.25, 0.3) is 0 Å². The highest BCUT2D eigenvalue weighted by Crippen LogP contribution is 2.14. The van der Waals surface area contributed by atoms with Crippen molar-refractivity contribution < 1.29 is 19.7 Å². The minimum Gasteiger partial charge on any atom is -0.508 e. The van der Waals surface area contributed by atoms with Crippen LogP contribution >= 0.6 is 0 Å². The van der Waals surface area contributed by atoms with Crippen molar-refractivity contribution in [1.29, 1.82) is 0 Å². The molecule has 0 unspecified atom stereocenters. The van der Waals surface area contributed by atoms with Crippen molar-refractivity contribution in [2.24, 2.45) is 5.92 Å². The topological polar surface area (TPSA) is 66.8 Å². The van der Waals surface area contributed by atoms with Gasteiger partial charge in [-0.1, -0.05) is 26.0 Å². The zero-order valence-electron chi connectivity index (χ0n) is 10.1. The maximum atomic E-state index is 11.0. The molecule has 94 valence electrons. The van der Waals surface area contributed by atoms with Crippen LogP contribution in [0.15, 0.2) is 24.3 Å². The van der Waals surface area contributed by atoms with E-state index in [0.717, 1.165) is 5.56 Å². The first-order valence-corrected chi connectivity index (χ1v) is 5.61. The number of carboxylic acids is 1. The molecule has 0 radical (unpaired) electrons. The van der Waals surface area contributed by atoms with Crippen LogP contribution in [-0.2, 0) is 16.0 Å². The van der Waals surface area contributed by atoms with E-state index in [4.69, 9.17) is 9.84 Å². The highest BCUT2D eigenvalue weighted by Gasteiger charge is 2.19. The lowest BCUT2D eigenvalue weighted by Crippen LogP contribution is -2.27. The van der Waals surface area contributed by atoms with Crippen LogP contribution in [0, 0.1) is 5.92 Å². The van der Waals surface area contributed by atoms with Gasteiger partial charge in [-0.2, -0.15) is 0 Å². The Morgan fingerprint density at radius 1 is 1.41 bits per heavy atom. The predicted octanol–water partition coefficient (Wildman–Crippen LogP) is 2.06. The zero-order valence-corrected chi connectivity index (χ0v) is 10.1. The van der Waals surface area contributed by atoms with Gasteiger partial charge < -0.3 is 14.9 Å². The van der Waals surface area contributed by atoms with Gasteiger partial charge >= 0.3 is 5.97 Å². The lowest BCUT2D eigenvalue weighted by molar-refractivity contribution is -0.150. The molecule has 1 aromatic carbocycles. The van der Waals surface area contributed by atoms with Gasteiger partial charge in [0.05, 0.1) is 6.61 Å². The SMILES string of the molecule is CC(C)CO[C@@H](Cc1cccc(O)c1)C(=O)O. The molecule has 1 rings (SSSR count). The summed E-state index contributed by atoms with van der Waals surface area (Å²) in [5, 5.41) is 18.3. The number of aliphatic carboxylic acids is 1. The summed E-state index contributed by atoms with van der Waals surface area (Å²) in [6.45, 7) is 4.34. The summed E-state index contributed by atoms with van der Waals surface area (Å²) in [5.74, 6) is -0.550. The minimum atomic E-state index is -0.978. The number of hydrogen-bond donors (Lipinski definition) is 2. The van der Waals surface area contributed by atoms with Crippen LogP contribution in [0.3, 0.4) is 0 Å². The van der Waals surface area contributed by atoms with E-state index in [0.29, 0.717) is 12.5 Å². The molecule has 0 spiro atoms. The molecule has 4 heteroatoms. The average molecular weight is 238 g/mol. The van der Waals surface area contributed by atoms with Crippen LogP contribution in [0.4, 0.5) is 0 Å². The summed E-state index contributed by atoms with van der Waals surface area (Å²) >= 11 is 0. The fourth-order valence-electron chi connectivity index (χ4n) is 1.42. The Hall–Kier alpha value is -1.55. The standard InChI is InChI=1S/C13H18O4/c1-9(2)8-17-12(13(15)16)7-10-4-3-5-11(14)6-10/h3-6,9,12,14H,7-8H2,1-2H3,(H,15,16)/t12-/m0/s1. The summed E-state index contributed by atoms with van der Waals surface area (Å²) in [6.07, 6.45) is -0.601. The number of ether oxygens (including phenoxy) is 1. The Morgan fingerprint density at radius 3 is 2.65 bits per heavy atom. The maximum absolute atomic E-state index is 11.0. The van der Waals surface area contributed by atoms with Gasteiger partial charge in [-0.05, 0) is 23.6 Å². The highest BCUT2D eigenvalue weighted by atomic mass is 16.5. The molecule has 2 N–H and O–H groups in total. The minimum absolute atomic E-state index is 0.135. The van der Waals surface area contributed by atoms with Gasteiger partial charge in [0.15, 0.2) is 6.10 Å². The lowest BCUT2D eigenvalue weighted by Gasteiger charge is -2.15. The summed E-state index contributed by atoms with van der Waals surface area (Å²) in [5.41, 5.74) is 0.751. The highest BCUT2D eigenvalue weighted by molar-refractivity contribution is 5.72. The van der Waals surface area contributed by atoms with Crippen LogP contribution in [-0.4, -0.2) is 28.9 Å². The van der Waals surface area contributed by atoms with Crippen LogP contribution in [0.1, 0.15) is 19.4 Å². The van der Waals surface area contributed by atoms with E-state index >= 15 is 0 Å². The Labute approximate surface area is 101 Å². The van der Waals surface area contributed by atoms with E-state index in [1.165, 1.54) is 0 Å². The maximum Gasteiger partial charge on any atom is 0.333 e. The normalized spacial score (nSPS) is 12.6. The smallest absolute Gasteiger partial charge is 0.333 e. The molecule has 0 heterocycles. The molecule has 0 fully saturated rings. The van der Waals surface area contributed by atoms with Crippen LogP contribution in [0.2, 0.25) is 0 Å². The van der Waals surface area contributed by atoms with E-state index in [2.05, 4.69) is 0 Å². The molecule has 17 heavy (non-hydrogen) atoms. The fourth-order valence-corrected chi connectivity index (χ4v) is 1.42. The van der Waals surface area contributed by atoms with Crippen LogP contribution < -0.4 is 0 Å². The van der Waals surface area contributed by atoms with Crippen molar-refractivity contribution in [2.45, 2.75) is 26.4 Å². The Kier molecular flexibility index (Phi) is 4.97. The third-order valence-electron chi connectivity index (χ3n) is 2.24. The van der Waals surface area contributed by atoms with E-state index in [-0.39, 0.29) is 12.2 Å². The van der Waals surface area contributed by atoms with Crippen LogP contribution in [0.25, 0.3) is 0 Å². The fraction of sp³-hybridized carbons (Fsp3) is 0.462. The molecular formula is C13H18O4. The summed E-state index contributed by atoms with van der Waals surface area (Å²) in [6, 6.07) is 6.56. The quantitative estimate of drug-likeness (QED) is 0.796. The van der Waals surface area contributed by atoms with Crippen molar-refractivity contribution >= 4 is 5.97 Å². The molecule has 0 aromatic heterocycles. The second kappa shape index (κ2) is 6.25. The average Bonchev–Trinajstić information content (AvgIpc) is 2.23. The number of rotatable bonds is 6. The number of carboxylic acid groups (broad SMARTS) is 1. The van der Waals surface area contributed by atoms with Gasteiger partial charge in [-0.3, -0.25) is 0 Å². The van der Waals surface area contributed by atoms with Gasteiger partial charge in [0, 0.05) is 6.42 Å². The van der Waals surface area contributed by atoms with E-state index in [1.54, 1.807) is 24.3 Å². The number of phenolic OH excluding ortho intramolecular Hbond substituents is 1. The third kappa shape index (κ3) is 4.87. The van der Waals surface area contributed by atoms with E-state index in [1.807, 2.05) is 13.8 Å². The molecule has 0 aliphatic rings. The van der Waals surface area contributed by atoms with Crippen molar-refractivity contribution in [3.05, 3.63) is 29.8 Å². The van der Waals surface area contributed by atoms with E-state index in [9.17, 15) is 9.90 Å². The molecule has 1 aromatic rings. The molecule has 1 atom stereocenters. The zero-order chi connectivity index (χ0) is 12.8. The lowest BCUT2D eigenvalue weighted by atomic mass is 10.1. The molecule has 0 amide bonds. The van der Waals surface area contributed by atoms with E-state index < -0.39 is 12.1 Å². The summed E-state index contributed by atoms with van der Waals surface area (Å²) in [4.78, 5) is 11.0. The first kappa shape index (κ1) is 13.5. The summed E-state index contributed by atoms with van der Waals surface area (Å²) < 4.78 is 5.33. The Bertz CT molecular complexity index is 373.